The summed E-state index contributed by atoms with van der Waals surface area (Å²) in [6.07, 6.45) is 0.720. The van der Waals surface area contributed by atoms with Crippen LogP contribution in [0.1, 0.15) is 33.6 Å². The molecule has 0 rings (SSSR count). The highest BCUT2D eigenvalue weighted by Crippen LogP contribution is 2.20. The Bertz CT molecular complexity index is 138. The molecule has 0 aliphatic heterocycles. The number of carboxylic acid groups (broad SMARTS) is 1. The molecule has 0 spiro atoms. The number of hydrogen-bond acceptors (Lipinski definition) is 2. The lowest BCUT2D eigenvalue weighted by atomic mass is 9.85. The molecule has 0 unspecified atom stereocenters. The van der Waals surface area contributed by atoms with Crippen molar-refractivity contribution in [3.8, 4) is 0 Å². The number of nitrogens with two attached hydrogens (primary N) is 1. The van der Waals surface area contributed by atoms with Gasteiger partial charge in [0.25, 0.3) is 0 Å². The topological polar surface area (TPSA) is 63.3 Å². The zero-order valence-corrected chi connectivity index (χ0v) is 7.42. The Morgan fingerprint density at radius 2 is 2.00 bits per heavy atom. The van der Waals surface area contributed by atoms with Gasteiger partial charge in [-0.3, -0.25) is 4.79 Å². The highest BCUT2D eigenvalue weighted by Gasteiger charge is 2.20. The maximum absolute atomic E-state index is 10.2. The van der Waals surface area contributed by atoms with Gasteiger partial charge in [0.1, 0.15) is 0 Å². The highest BCUT2D eigenvalue weighted by atomic mass is 16.4. The van der Waals surface area contributed by atoms with E-state index in [1.807, 2.05) is 20.8 Å². The summed E-state index contributed by atoms with van der Waals surface area (Å²) in [5.41, 5.74) is 5.75. The molecule has 0 radical (unpaired) electrons. The molecule has 0 aromatic rings. The van der Waals surface area contributed by atoms with E-state index < -0.39 is 5.97 Å². The minimum absolute atomic E-state index is 0.00938. The molecule has 0 aliphatic rings. The summed E-state index contributed by atoms with van der Waals surface area (Å²) in [6.45, 7) is 6.04. The third-order valence-corrected chi connectivity index (χ3v) is 1.78. The van der Waals surface area contributed by atoms with E-state index in [1.54, 1.807) is 0 Å². The first-order valence-electron chi connectivity index (χ1n) is 3.81. The highest BCUT2D eigenvalue weighted by molar-refractivity contribution is 5.66. The van der Waals surface area contributed by atoms with Gasteiger partial charge in [0.05, 0.1) is 0 Å². The van der Waals surface area contributed by atoms with Crippen molar-refractivity contribution >= 4 is 5.97 Å². The lowest BCUT2D eigenvalue weighted by molar-refractivity contribution is -0.137. The quantitative estimate of drug-likeness (QED) is 0.651. The standard InChI is InChI=1S/C8H17NO2/c1-8(2,3)6(9)4-5-7(10)11/h6H,4-5,9H2,1-3H3,(H,10,11)/t6-/m0/s1. The smallest absolute Gasteiger partial charge is 0.303 e. The summed E-state index contributed by atoms with van der Waals surface area (Å²) >= 11 is 0. The summed E-state index contributed by atoms with van der Waals surface area (Å²) in [4.78, 5) is 10.2. The molecule has 0 aliphatic carbocycles. The maximum Gasteiger partial charge on any atom is 0.303 e. The van der Waals surface area contributed by atoms with Crippen LogP contribution in [0.2, 0.25) is 0 Å². The summed E-state index contributed by atoms with van der Waals surface area (Å²) < 4.78 is 0. The van der Waals surface area contributed by atoms with E-state index >= 15 is 0 Å². The molecule has 3 N–H and O–H groups in total. The van der Waals surface area contributed by atoms with Crippen LogP contribution in [-0.4, -0.2) is 17.1 Å². The lowest BCUT2D eigenvalue weighted by Gasteiger charge is -2.26. The maximum atomic E-state index is 10.2. The molecule has 0 aromatic heterocycles. The van der Waals surface area contributed by atoms with Gasteiger partial charge in [0, 0.05) is 12.5 Å². The van der Waals surface area contributed by atoms with Crippen molar-refractivity contribution in [3.05, 3.63) is 0 Å². The third-order valence-electron chi connectivity index (χ3n) is 1.78. The van der Waals surface area contributed by atoms with E-state index in [-0.39, 0.29) is 17.9 Å². The van der Waals surface area contributed by atoms with Gasteiger partial charge < -0.3 is 10.8 Å². The molecule has 0 fully saturated rings. The normalized spacial score (nSPS) is 14.5. The fraction of sp³-hybridized carbons (Fsp3) is 0.875. The van der Waals surface area contributed by atoms with E-state index in [2.05, 4.69) is 0 Å². The predicted octanol–water partition coefficient (Wildman–Crippen LogP) is 1.22. The van der Waals surface area contributed by atoms with Crippen LogP contribution in [0.4, 0.5) is 0 Å². The third kappa shape index (κ3) is 4.79. The average molecular weight is 159 g/mol. The van der Waals surface area contributed by atoms with Crippen LogP contribution in [-0.2, 0) is 4.79 Å². The Labute approximate surface area is 67.6 Å². The Morgan fingerprint density at radius 3 is 2.27 bits per heavy atom. The van der Waals surface area contributed by atoms with Crippen LogP contribution >= 0.6 is 0 Å². The second-order valence-electron chi connectivity index (χ2n) is 3.90. The van der Waals surface area contributed by atoms with Crippen LogP contribution in [0, 0.1) is 5.41 Å². The predicted molar refractivity (Wildman–Crippen MR) is 44.3 cm³/mol. The molecule has 66 valence electrons. The number of carboxylic acids is 1. The molecule has 11 heavy (non-hydrogen) atoms. The van der Waals surface area contributed by atoms with Crippen molar-refractivity contribution < 1.29 is 9.90 Å². The van der Waals surface area contributed by atoms with E-state index in [9.17, 15) is 4.79 Å². The van der Waals surface area contributed by atoms with Crippen molar-refractivity contribution in [2.24, 2.45) is 11.1 Å². The van der Waals surface area contributed by atoms with E-state index in [1.165, 1.54) is 0 Å². The van der Waals surface area contributed by atoms with Gasteiger partial charge in [0.2, 0.25) is 0 Å². The van der Waals surface area contributed by atoms with Crippen molar-refractivity contribution in [3.63, 3.8) is 0 Å². The lowest BCUT2D eigenvalue weighted by Crippen LogP contribution is -2.35. The summed E-state index contributed by atoms with van der Waals surface area (Å²) in [6, 6.07) is -0.0291. The first kappa shape index (κ1) is 10.4. The Morgan fingerprint density at radius 1 is 1.55 bits per heavy atom. The van der Waals surface area contributed by atoms with Crippen molar-refractivity contribution in [2.75, 3.05) is 0 Å². The second-order valence-corrected chi connectivity index (χ2v) is 3.90. The molecule has 0 saturated carbocycles. The van der Waals surface area contributed by atoms with Crippen LogP contribution in [0.5, 0.6) is 0 Å². The molecule has 0 saturated heterocycles. The number of hydrogen-bond donors (Lipinski definition) is 2. The van der Waals surface area contributed by atoms with Gasteiger partial charge >= 0.3 is 5.97 Å². The fourth-order valence-corrected chi connectivity index (χ4v) is 0.712. The molecular weight excluding hydrogens is 142 g/mol. The van der Waals surface area contributed by atoms with Crippen molar-refractivity contribution in [1.82, 2.24) is 0 Å². The monoisotopic (exact) mass is 159 g/mol. The SMILES string of the molecule is CC(C)(C)[C@@H](N)CCC(=O)O. The van der Waals surface area contributed by atoms with E-state index in [0.717, 1.165) is 0 Å². The zero-order valence-electron chi connectivity index (χ0n) is 7.42. The largest absolute Gasteiger partial charge is 0.481 e. The van der Waals surface area contributed by atoms with Gasteiger partial charge in [-0.25, -0.2) is 0 Å². The molecule has 0 bridgehead atoms. The van der Waals surface area contributed by atoms with Crippen LogP contribution in [0.15, 0.2) is 0 Å². The van der Waals surface area contributed by atoms with E-state index in [0.29, 0.717) is 6.42 Å². The molecule has 3 nitrogen and oxygen atoms in total. The Balaban J connectivity index is 3.70. The van der Waals surface area contributed by atoms with Crippen LogP contribution in [0.3, 0.4) is 0 Å². The number of rotatable bonds is 3. The van der Waals surface area contributed by atoms with Crippen LogP contribution in [0.25, 0.3) is 0 Å². The average Bonchev–Trinajstić information content (AvgIpc) is 1.80. The van der Waals surface area contributed by atoms with E-state index in [4.69, 9.17) is 10.8 Å². The Hall–Kier alpha value is -0.570. The van der Waals surface area contributed by atoms with Crippen molar-refractivity contribution in [2.45, 2.75) is 39.7 Å². The number of aliphatic carboxylic acids is 1. The molecule has 1 atom stereocenters. The fourth-order valence-electron chi connectivity index (χ4n) is 0.712. The molecule has 0 aromatic carbocycles. The first-order chi connectivity index (χ1) is 4.84. The number of carbonyl (C=O) groups is 1. The Kier molecular flexibility index (Phi) is 3.52. The van der Waals surface area contributed by atoms with Gasteiger partial charge in [0.15, 0.2) is 0 Å². The first-order valence-corrected chi connectivity index (χ1v) is 3.81. The minimum atomic E-state index is -0.773. The zero-order chi connectivity index (χ0) is 9.07. The molecule has 3 heteroatoms. The molecule has 0 heterocycles. The molecule has 0 amide bonds. The van der Waals surface area contributed by atoms with Crippen molar-refractivity contribution in [1.29, 1.82) is 0 Å². The van der Waals surface area contributed by atoms with Gasteiger partial charge in [-0.05, 0) is 11.8 Å². The summed E-state index contributed by atoms with van der Waals surface area (Å²) in [5.74, 6) is -0.773. The van der Waals surface area contributed by atoms with Gasteiger partial charge in [-0.2, -0.15) is 0 Å². The molecular formula is C8H17NO2. The van der Waals surface area contributed by atoms with Crippen LogP contribution < -0.4 is 5.73 Å². The van der Waals surface area contributed by atoms with Gasteiger partial charge in [-0.1, -0.05) is 20.8 Å². The minimum Gasteiger partial charge on any atom is -0.481 e. The second kappa shape index (κ2) is 3.72. The van der Waals surface area contributed by atoms with Gasteiger partial charge in [-0.15, -0.1) is 0 Å². The summed E-state index contributed by atoms with van der Waals surface area (Å²) in [5, 5.41) is 8.37. The summed E-state index contributed by atoms with van der Waals surface area (Å²) in [7, 11) is 0.